The van der Waals surface area contributed by atoms with Crippen molar-refractivity contribution in [3.05, 3.63) is 29.8 Å². The van der Waals surface area contributed by atoms with Crippen LogP contribution in [0.5, 0.6) is 5.75 Å². The van der Waals surface area contributed by atoms with E-state index >= 15 is 0 Å². The molecule has 5 nitrogen and oxygen atoms in total. The number of piperidine rings is 1. The molecule has 0 radical (unpaired) electrons. The molecule has 1 N–H and O–H groups in total. The van der Waals surface area contributed by atoms with E-state index in [9.17, 15) is 5.11 Å². The molecule has 128 valence electrons. The first-order valence-corrected chi connectivity index (χ1v) is 8.58. The van der Waals surface area contributed by atoms with Crippen molar-refractivity contribution >= 4 is 0 Å². The van der Waals surface area contributed by atoms with Gasteiger partial charge >= 0.3 is 0 Å². The summed E-state index contributed by atoms with van der Waals surface area (Å²) in [6, 6.07) is 8.13. The Morgan fingerprint density at radius 2 is 2.04 bits per heavy atom. The predicted octanol–water partition coefficient (Wildman–Crippen LogP) is 1.96. The summed E-state index contributed by atoms with van der Waals surface area (Å²) in [5.74, 6) is 0.837. The Kier molecular flexibility index (Phi) is 5.89. The van der Waals surface area contributed by atoms with Crippen LogP contribution in [-0.4, -0.2) is 61.4 Å². The van der Waals surface area contributed by atoms with Crippen LogP contribution in [0.25, 0.3) is 0 Å². The molecule has 0 spiro atoms. The highest BCUT2D eigenvalue weighted by Gasteiger charge is 2.34. The van der Waals surface area contributed by atoms with E-state index in [-0.39, 0.29) is 12.3 Å². The number of benzene rings is 1. The lowest BCUT2D eigenvalue weighted by atomic mass is 10.0. The molecule has 0 bridgehead atoms. The van der Waals surface area contributed by atoms with Gasteiger partial charge in [0.2, 0.25) is 0 Å². The Morgan fingerprint density at radius 3 is 2.83 bits per heavy atom. The molecule has 2 atom stereocenters. The van der Waals surface area contributed by atoms with Crippen LogP contribution in [-0.2, 0) is 9.47 Å². The number of hydrogen-bond acceptors (Lipinski definition) is 5. The molecule has 0 amide bonds. The van der Waals surface area contributed by atoms with Crippen LogP contribution in [0.4, 0.5) is 0 Å². The summed E-state index contributed by atoms with van der Waals surface area (Å²) >= 11 is 0. The number of aliphatic hydroxyl groups is 1. The minimum atomic E-state index is -0.517. The molecular weight excluding hydrogens is 294 g/mol. The van der Waals surface area contributed by atoms with E-state index in [1.807, 2.05) is 31.2 Å². The third kappa shape index (κ3) is 4.44. The molecule has 23 heavy (non-hydrogen) atoms. The van der Waals surface area contributed by atoms with Gasteiger partial charge < -0.3 is 19.3 Å². The quantitative estimate of drug-likeness (QED) is 0.868. The lowest BCUT2D eigenvalue weighted by Crippen LogP contribution is -2.50. The highest BCUT2D eigenvalue weighted by atomic mass is 16.7. The van der Waals surface area contributed by atoms with E-state index in [2.05, 4.69) is 4.90 Å². The molecule has 0 aromatic heterocycles. The van der Waals surface area contributed by atoms with Crippen molar-refractivity contribution in [3.63, 3.8) is 0 Å². The number of rotatable bonds is 6. The van der Waals surface area contributed by atoms with Crippen LogP contribution in [0, 0.1) is 6.92 Å². The van der Waals surface area contributed by atoms with Crippen molar-refractivity contribution in [1.82, 2.24) is 4.90 Å². The maximum Gasteiger partial charge on any atom is 0.173 e. The lowest BCUT2D eigenvalue weighted by Gasteiger charge is -2.38. The molecule has 0 aliphatic carbocycles. The summed E-state index contributed by atoms with van der Waals surface area (Å²) in [7, 11) is 0. The van der Waals surface area contributed by atoms with E-state index < -0.39 is 6.10 Å². The number of aliphatic hydroxyl groups excluding tert-OH is 1. The first-order chi connectivity index (χ1) is 11.2. The second-order valence-corrected chi connectivity index (χ2v) is 6.40. The molecule has 5 heteroatoms. The number of β-amino-alcohol motifs (C(OH)–C–C–N with tert-alkyl or cyclic N) is 1. The van der Waals surface area contributed by atoms with E-state index in [0.29, 0.717) is 26.4 Å². The van der Waals surface area contributed by atoms with E-state index in [1.165, 1.54) is 6.42 Å². The number of likely N-dealkylation sites (tertiary alicyclic amines) is 1. The van der Waals surface area contributed by atoms with Crippen molar-refractivity contribution in [2.45, 2.75) is 44.6 Å². The fourth-order valence-corrected chi connectivity index (χ4v) is 3.38. The van der Waals surface area contributed by atoms with Crippen molar-refractivity contribution < 1.29 is 19.3 Å². The SMILES string of the molecule is Cc1ccccc1OCC(O)CN1CCCCC1C1OCCO1. The van der Waals surface area contributed by atoms with E-state index in [1.54, 1.807) is 0 Å². The molecule has 1 aromatic carbocycles. The zero-order valence-corrected chi connectivity index (χ0v) is 13.8. The van der Waals surface area contributed by atoms with Gasteiger partial charge in [0.15, 0.2) is 6.29 Å². The summed E-state index contributed by atoms with van der Waals surface area (Å²) in [5, 5.41) is 10.4. The van der Waals surface area contributed by atoms with E-state index in [0.717, 1.165) is 30.7 Å². The molecule has 2 heterocycles. The van der Waals surface area contributed by atoms with Crippen LogP contribution in [0.1, 0.15) is 24.8 Å². The highest BCUT2D eigenvalue weighted by molar-refractivity contribution is 5.31. The third-order valence-electron chi connectivity index (χ3n) is 4.60. The molecule has 2 aliphatic heterocycles. The molecule has 2 saturated heterocycles. The summed E-state index contributed by atoms with van der Waals surface area (Å²) < 4.78 is 17.1. The second-order valence-electron chi connectivity index (χ2n) is 6.40. The minimum Gasteiger partial charge on any atom is -0.491 e. The Bertz CT molecular complexity index is 490. The number of para-hydroxylation sites is 1. The van der Waals surface area contributed by atoms with E-state index in [4.69, 9.17) is 14.2 Å². The summed E-state index contributed by atoms with van der Waals surface area (Å²) in [6.07, 6.45) is 2.77. The van der Waals surface area contributed by atoms with Crippen molar-refractivity contribution in [2.24, 2.45) is 0 Å². The Labute approximate surface area is 138 Å². The van der Waals surface area contributed by atoms with Gasteiger partial charge in [-0.15, -0.1) is 0 Å². The molecule has 3 rings (SSSR count). The second kappa shape index (κ2) is 8.11. The summed E-state index contributed by atoms with van der Waals surface area (Å²) in [6.45, 7) is 5.24. The summed E-state index contributed by atoms with van der Waals surface area (Å²) in [5.41, 5.74) is 1.09. The number of ether oxygens (including phenoxy) is 3. The molecule has 0 saturated carbocycles. The monoisotopic (exact) mass is 321 g/mol. The normalized spacial score (nSPS) is 24.7. The maximum atomic E-state index is 10.4. The Morgan fingerprint density at radius 1 is 1.26 bits per heavy atom. The largest absolute Gasteiger partial charge is 0.491 e. The minimum absolute atomic E-state index is 0.139. The van der Waals surface area contributed by atoms with Gasteiger partial charge in [-0.25, -0.2) is 0 Å². The third-order valence-corrected chi connectivity index (χ3v) is 4.60. The molecule has 2 fully saturated rings. The van der Waals surface area contributed by atoms with Crippen LogP contribution in [0.2, 0.25) is 0 Å². The average Bonchev–Trinajstić information content (AvgIpc) is 3.09. The highest BCUT2D eigenvalue weighted by Crippen LogP contribution is 2.24. The topological polar surface area (TPSA) is 51.2 Å². The number of aryl methyl sites for hydroxylation is 1. The van der Waals surface area contributed by atoms with Crippen LogP contribution < -0.4 is 4.74 Å². The zero-order chi connectivity index (χ0) is 16.1. The molecular formula is C18H27NO4. The van der Waals surface area contributed by atoms with Gasteiger partial charge in [0.05, 0.1) is 19.3 Å². The van der Waals surface area contributed by atoms with Gasteiger partial charge in [0.1, 0.15) is 18.5 Å². The lowest BCUT2D eigenvalue weighted by molar-refractivity contribution is -0.115. The molecule has 2 unspecified atom stereocenters. The summed E-state index contributed by atoms with van der Waals surface area (Å²) in [4.78, 5) is 2.30. The van der Waals surface area contributed by atoms with Crippen LogP contribution in [0.15, 0.2) is 24.3 Å². The maximum absolute atomic E-state index is 10.4. The standard InChI is InChI=1S/C18H27NO4/c1-14-6-2-3-8-17(14)23-13-15(20)12-19-9-5-4-7-16(19)18-21-10-11-22-18/h2-3,6,8,15-16,18,20H,4-5,7,9-13H2,1H3. The van der Waals surface area contributed by atoms with Crippen LogP contribution >= 0.6 is 0 Å². The van der Waals surface area contributed by atoms with Crippen molar-refractivity contribution in [2.75, 3.05) is 32.9 Å². The van der Waals surface area contributed by atoms with Crippen molar-refractivity contribution in [1.29, 1.82) is 0 Å². The number of nitrogens with zero attached hydrogens (tertiary/aromatic N) is 1. The molecule has 2 aliphatic rings. The smallest absolute Gasteiger partial charge is 0.173 e. The van der Waals surface area contributed by atoms with Crippen molar-refractivity contribution in [3.8, 4) is 5.75 Å². The van der Waals surface area contributed by atoms with Crippen LogP contribution in [0.3, 0.4) is 0 Å². The fourth-order valence-electron chi connectivity index (χ4n) is 3.38. The first-order valence-electron chi connectivity index (χ1n) is 8.58. The number of hydrogen-bond donors (Lipinski definition) is 1. The predicted molar refractivity (Wildman–Crippen MR) is 87.6 cm³/mol. The van der Waals surface area contributed by atoms with Gasteiger partial charge in [-0.05, 0) is 37.9 Å². The zero-order valence-electron chi connectivity index (χ0n) is 13.8. The Balaban J connectivity index is 1.51. The van der Waals surface area contributed by atoms with Gasteiger partial charge in [-0.2, -0.15) is 0 Å². The van der Waals surface area contributed by atoms with Gasteiger partial charge in [0.25, 0.3) is 0 Å². The first kappa shape index (κ1) is 16.7. The average molecular weight is 321 g/mol. The molecule has 1 aromatic rings. The van der Waals surface area contributed by atoms with Gasteiger partial charge in [-0.1, -0.05) is 24.6 Å². The fraction of sp³-hybridized carbons (Fsp3) is 0.667. The van der Waals surface area contributed by atoms with Gasteiger partial charge in [-0.3, -0.25) is 4.90 Å². The van der Waals surface area contributed by atoms with Gasteiger partial charge in [0, 0.05) is 6.54 Å². The Hall–Kier alpha value is -1.14.